The second-order valence-corrected chi connectivity index (χ2v) is 28.4. The van der Waals surface area contributed by atoms with Crippen LogP contribution in [0.3, 0.4) is 0 Å². The van der Waals surface area contributed by atoms with Gasteiger partial charge >= 0.3 is 18.5 Å². The molecule has 36 heteroatoms. The zero-order valence-electron chi connectivity index (χ0n) is 58.6. The zero-order valence-corrected chi connectivity index (χ0v) is 59.4. The van der Waals surface area contributed by atoms with Gasteiger partial charge in [0.1, 0.15) is 17.1 Å². The fourth-order valence-electron chi connectivity index (χ4n) is 15.9. The molecular weight excluding hydrogens is 1430 g/mol. The van der Waals surface area contributed by atoms with Crippen molar-refractivity contribution in [3.05, 3.63) is 142 Å². The molecule has 7 aliphatic heterocycles. The molecule has 0 unspecified atom stereocenters. The Morgan fingerprint density at radius 3 is 1.50 bits per heavy atom. The summed E-state index contributed by atoms with van der Waals surface area (Å²) < 4.78 is 127. The summed E-state index contributed by atoms with van der Waals surface area (Å²) >= 11 is 6.70. The average molecular weight is 1510 g/mol. The lowest BCUT2D eigenvalue weighted by molar-refractivity contribution is -0.149. The van der Waals surface area contributed by atoms with Crippen molar-refractivity contribution >= 4 is 74.1 Å². The van der Waals surface area contributed by atoms with Gasteiger partial charge in [-0.3, -0.25) is 29.3 Å². The van der Waals surface area contributed by atoms with Crippen LogP contribution >= 0.6 is 11.6 Å². The maximum Gasteiger partial charge on any atom is 0.451 e. The monoisotopic (exact) mass is 1500 g/mol. The minimum atomic E-state index is -4.57. The molecule has 107 heavy (non-hydrogen) atoms. The Bertz CT molecular complexity index is 4860. The largest absolute Gasteiger partial charge is 0.495 e. The second kappa shape index (κ2) is 29.7. The van der Waals surface area contributed by atoms with Crippen LogP contribution < -0.4 is 24.3 Å². The van der Waals surface area contributed by atoms with Gasteiger partial charge in [0.2, 0.25) is 35.2 Å². The first kappa shape index (κ1) is 73.4. The number of methoxy groups -OCH3 is 1. The Morgan fingerprint density at radius 2 is 1.01 bits per heavy atom. The Morgan fingerprint density at radius 1 is 0.514 bits per heavy atom. The highest BCUT2D eigenvalue weighted by molar-refractivity contribution is 6.33. The first-order valence-corrected chi connectivity index (χ1v) is 35.6. The summed E-state index contributed by atoms with van der Waals surface area (Å²) in [4.78, 5) is 76.2. The Hall–Kier alpha value is -10.5. The van der Waals surface area contributed by atoms with E-state index >= 15 is 0 Å². The third kappa shape index (κ3) is 14.9. The van der Waals surface area contributed by atoms with Gasteiger partial charge in [0, 0.05) is 150 Å². The van der Waals surface area contributed by atoms with Gasteiger partial charge < -0.3 is 52.7 Å². The summed E-state index contributed by atoms with van der Waals surface area (Å²) in [7, 11) is 1.58. The third-order valence-electron chi connectivity index (χ3n) is 21.4. The summed E-state index contributed by atoms with van der Waals surface area (Å²) in [6.07, 6.45) is -2.39. The third-order valence-corrected chi connectivity index (χ3v) is 21.7. The summed E-state index contributed by atoms with van der Waals surface area (Å²) in [6.45, 7) is 12.3. The average Bonchev–Trinajstić information content (AvgIpc) is 1.76. The van der Waals surface area contributed by atoms with Crippen LogP contribution in [0.15, 0.2) is 85.6 Å². The lowest BCUT2D eigenvalue weighted by atomic mass is 9.85. The fourth-order valence-corrected chi connectivity index (χ4v) is 16.2. The van der Waals surface area contributed by atoms with E-state index in [9.17, 15) is 53.9 Å². The highest BCUT2D eigenvalue weighted by atomic mass is 35.5. The van der Waals surface area contributed by atoms with Crippen LogP contribution in [-0.4, -0.2) is 174 Å². The van der Waals surface area contributed by atoms with Crippen LogP contribution in [0, 0.1) is 46.8 Å². The van der Waals surface area contributed by atoms with Crippen molar-refractivity contribution in [3.8, 4) is 11.8 Å². The van der Waals surface area contributed by atoms with E-state index in [0.717, 1.165) is 82.7 Å². The second-order valence-electron chi connectivity index (χ2n) is 28.0. The molecule has 7 aliphatic rings. The van der Waals surface area contributed by atoms with Crippen molar-refractivity contribution in [1.82, 2.24) is 83.9 Å². The Labute approximate surface area is 612 Å². The summed E-state index contributed by atoms with van der Waals surface area (Å²) in [5, 5.41) is 31.7. The van der Waals surface area contributed by atoms with E-state index in [0.29, 0.717) is 81.4 Å². The number of alkyl halides is 9. The number of amides is 3. The van der Waals surface area contributed by atoms with Crippen molar-refractivity contribution in [2.45, 2.75) is 111 Å². The molecule has 3 amide bonds. The molecule has 0 spiro atoms. The number of aromatic nitrogens is 14. The van der Waals surface area contributed by atoms with E-state index < -0.39 is 36.0 Å². The van der Waals surface area contributed by atoms with Gasteiger partial charge in [-0.05, 0) is 85.9 Å². The smallest absolute Gasteiger partial charge is 0.451 e. The molecule has 3 saturated heterocycles. The number of ether oxygens (including phenoxy) is 1. The predicted molar refractivity (Wildman–Crippen MR) is 371 cm³/mol. The Balaban J connectivity index is 0.000000135. The van der Waals surface area contributed by atoms with Crippen LogP contribution in [0.5, 0.6) is 5.75 Å². The van der Waals surface area contributed by atoms with E-state index in [1.54, 1.807) is 64.9 Å². The first-order valence-electron chi connectivity index (χ1n) is 35.2. The molecular formula is C71H74ClF9N22O4. The molecule has 0 bridgehead atoms. The van der Waals surface area contributed by atoms with Gasteiger partial charge in [-0.2, -0.15) is 44.8 Å². The maximum atomic E-state index is 13.5. The van der Waals surface area contributed by atoms with Gasteiger partial charge in [-0.25, -0.2) is 9.97 Å². The number of halogens is 10. The molecule has 26 nitrogen and oxygen atoms in total. The number of carbonyl (C=O) groups excluding carboxylic acids is 3. The van der Waals surface area contributed by atoms with Crippen molar-refractivity contribution in [3.63, 3.8) is 0 Å². The van der Waals surface area contributed by atoms with E-state index in [1.807, 2.05) is 63.2 Å². The van der Waals surface area contributed by atoms with Crippen LogP contribution in [0.1, 0.15) is 91.8 Å². The number of hydrogen-bond donors (Lipinski definition) is 0. The van der Waals surface area contributed by atoms with Gasteiger partial charge in [-0.15, -0.1) is 30.6 Å². The minimum absolute atomic E-state index is 0.0316. The highest BCUT2D eigenvalue weighted by Gasteiger charge is 2.46. The number of anilines is 4. The zero-order chi connectivity index (χ0) is 75.4. The van der Waals surface area contributed by atoms with E-state index in [2.05, 4.69) is 81.2 Å². The SMILES string of the molecule is COc1cnc2c(N3CC[C@H](C(=O)N4CCn5c(nnc5C(F)(F)F)C4)[C@H](C)C3)ccnc2c1.C[C@@H]1CN(c2c(Cl)cnc3c2CCN(c2ccccn2)C3)CC[C@@H]1C(=O)N1CCn2c(nnc2C(F)(F)F)C1.C[C@@H]1CN(c2ccnc3cc(C#N)ccc23)CC[C@@H]1C(=O)N1CCn2c(nnc2C(F)(F)F)C1. The number of carbonyl (C=O) groups is 3. The predicted octanol–water partition coefficient (Wildman–Crippen LogP) is 9.78. The highest BCUT2D eigenvalue weighted by Crippen LogP contribution is 2.42. The van der Waals surface area contributed by atoms with E-state index in [-0.39, 0.29) is 130 Å². The molecule has 6 atom stereocenters. The van der Waals surface area contributed by atoms with Crippen molar-refractivity contribution in [2.24, 2.45) is 35.5 Å². The van der Waals surface area contributed by atoms with Gasteiger partial charge in [0.15, 0.2) is 17.5 Å². The van der Waals surface area contributed by atoms with E-state index in [1.165, 1.54) is 0 Å². The molecule has 16 rings (SSSR count). The molecule has 3 fully saturated rings. The van der Waals surface area contributed by atoms with Crippen LogP contribution in [0.25, 0.3) is 21.9 Å². The Kier molecular flexibility index (Phi) is 20.3. The minimum Gasteiger partial charge on any atom is -0.495 e. The van der Waals surface area contributed by atoms with Crippen molar-refractivity contribution in [1.29, 1.82) is 5.26 Å². The number of fused-ring (bicyclic) bond motifs is 6. The van der Waals surface area contributed by atoms with E-state index in [4.69, 9.17) is 21.6 Å². The normalized spacial score (nSPS) is 21.1. The summed E-state index contributed by atoms with van der Waals surface area (Å²) in [6, 6.07) is 19.1. The van der Waals surface area contributed by atoms with Gasteiger partial charge in [0.25, 0.3) is 0 Å². The summed E-state index contributed by atoms with van der Waals surface area (Å²) in [5.74, 6) is -1.64. The molecule has 8 aromatic heterocycles. The van der Waals surface area contributed by atoms with Crippen LogP contribution in [-0.2, 0) is 85.1 Å². The van der Waals surface area contributed by atoms with Gasteiger partial charge in [0.05, 0.1) is 84.2 Å². The molecule has 15 heterocycles. The lowest BCUT2D eigenvalue weighted by Gasteiger charge is -2.42. The first-order chi connectivity index (χ1) is 51.2. The number of rotatable bonds is 8. The van der Waals surface area contributed by atoms with Crippen LogP contribution in [0.2, 0.25) is 5.02 Å². The maximum absolute atomic E-state index is 13.5. The molecule has 0 saturated carbocycles. The topological polar surface area (TPSA) is 263 Å². The number of nitrogens with zero attached hydrogens (tertiary/aromatic N) is 22. The van der Waals surface area contributed by atoms with Crippen molar-refractivity contribution in [2.75, 3.05) is 92.2 Å². The molecule has 0 N–H and O–H groups in total. The van der Waals surface area contributed by atoms with Crippen LogP contribution in [0.4, 0.5) is 62.4 Å². The molecule has 9 aromatic rings. The quantitative estimate of drug-likeness (QED) is 0.128. The fraction of sp³-hybridized carbons (Fsp3) is 0.479. The number of pyridine rings is 5. The van der Waals surface area contributed by atoms with Gasteiger partial charge in [-0.1, -0.05) is 38.4 Å². The number of benzene rings is 1. The molecule has 562 valence electrons. The molecule has 0 aliphatic carbocycles. The van der Waals surface area contributed by atoms with Crippen molar-refractivity contribution < 1.29 is 58.6 Å². The number of nitriles is 1. The standard InChI is InChI=1S/C26H28ClF3N8O.C23H22F3N7O.C22H24F3N7O2/c1-16-13-36(23-18-6-8-35(21-4-2-3-7-31-21)14-20(18)32-12-19(23)27)9-5-17(16)24(39)37-10-11-38-22(15-37)33-34-25(38)26(28,29)30;1-14-12-31(19-4-6-28-18-10-15(11-27)2-3-17(18)19)7-5-16(14)21(34)32-8-9-33-20(13-32)29-30-22(33)23(24,25)26;1-13-11-30(17-3-5-26-16-9-14(34-2)10-27-19(16)17)6-4-15(13)20(33)31-7-8-32-18(12-31)28-29-21(32)22(23,24)25/h2-4,7,12,16-17H,5-6,8-11,13-15H2,1H3;2-4,6,10,14,16H,5,7-9,12-13H2,1H3;3,5,9-10,13,15H,4,6-8,11-12H2,1-2H3/t16-,17+;14-,16+;13-,15+/m111/s1. The number of hydrogen-bond acceptors (Lipinski definition) is 20. The number of piperidine rings is 3. The molecule has 1 aromatic carbocycles. The lowest BCUT2D eigenvalue weighted by Crippen LogP contribution is -2.49. The molecule has 0 radical (unpaired) electrons. The summed E-state index contributed by atoms with van der Waals surface area (Å²) in [5.41, 5.74) is 7.89.